The Morgan fingerprint density at radius 1 is 0.350 bits per heavy atom. The monoisotopic (exact) mass is 564 g/mol. The maximum atomic E-state index is 6.02. The van der Waals surface area contributed by atoms with E-state index in [1.54, 1.807) is 0 Å². The molecule has 10 N–H and O–H groups in total. The molecule has 238 valence electrons. The number of hydrogen-bond acceptors (Lipinski definition) is 5. The van der Waals surface area contributed by atoms with Crippen LogP contribution in [-0.2, 0) is 0 Å². The van der Waals surface area contributed by atoms with Gasteiger partial charge in [-0.2, -0.15) is 0 Å². The van der Waals surface area contributed by atoms with Crippen molar-refractivity contribution in [2.75, 3.05) is 0 Å². The van der Waals surface area contributed by atoms with Gasteiger partial charge >= 0.3 is 0 Å². The molecule has 5 fully saturated rings. The molecule has 0 heterocycles. The van der Waals surface area contributed by atoms with Crippen LogP contribution in [0, 0.1) is 23.2 Å². The Kier molecular flexibility index (Phi) is 17.9. The van der Waals surface area contributed by atoms with Gasteiger partial charge in [0.05, 0.1) is 0 Å². The largest absolute Gasteiger partial charge is 0.328 e. The van der Waals surface area contributed by atoms with Crippen LogP contribution in [0.2, 0.25) is 0 Å². The Morgan fingerprint density at radius 3 is 0.900 bits per heavy atom. The fourth-order valence-corrected chi connectivity index (χ4v) is 7.79. The van der Waals surface area contributed by atoms with Gasteiger partial charge in [-0.15, -0.1) is 0 Å². The highest BCUT2D eigenvalue weighted by molar-refractivity contribution is 4.91. The smallest absolute Gasteiger partial charge is 0.00390 e. The molecule has 0 aromatic carbocycles. The van der Waals surface area contributed by atoms with Crippen LogP contribution in [-0.4, -0.2) is 30.2 Å². The Hall–Kier alpha value is -0.200. The van der Waals surface area contributed by atoms with Gasteiger partial charge in [0, 0.05) is 30.2 Å². The summed E-state index contributed by atoms with van der Waals surface area (Å²) in [6.45, 7) is 7.30. The van der Waals surface area contributed by atoms with Gasteiger partial charge in [0.15, 0.2) is 0 Å². The molecule has 0 aromatic rings. The highest BCUT2D eigenvalue weighted by atomic mass is 14.7. The lowest BCUT2D eigenvalue weighted by Crippen LogP contribution is -2.40. The van der Waals surface area contributed by atoms with Crippen molar-refractivity contribution in [2.45, 2.75) is 199 Å². The van der Waals surface area contributed by atoms with E-state index in [0.29, 0.717) is 35.6 Å². The molecule has 5 saturated carbocycles. The van der Waals surface area contributed by atoms with Crippen molar-refractivity contribution in [3.05, 3.63) is 0 Å². The van der Waals surface area contributed by atoms with Gasteiger partial charge in [0.25, 0.3) is 0 Å². The summed E-state index contributed by atoms with van der Waals surface area (Å²) >= 11 is 0. The Morgan fingerprint density at radius 2 is 0.600 bits per heavy atom. The third-order valence-corrected chi connectivity index (χ3v) is 11.3. The second-order valence-corrected chi connectivity index (χ2v) is 15.2. The maximum absolute atomic E-state index is 6.02. The number of hydrogen-bond donors (Lipinski definition) is 5. The number of nitrogens with two attached hydrogens (primary N) is 5. The molecule has 0 saturated heterocycles. The lowest BCUT2D eigenvalue weighted by atomic mass is 9.60. The molecule has 0 bridgehead atoms. The minimum absolute atomic E-state index is 0.474. The molecule has 5 aliphatic carbocycles. The van der Waals surface area contributed by atoms with Crippen molar-refractivity contribution in [3.63, 3.8) is 0 Å². The lowest BCUT2D eigenvalue weighted by Gasteiger charge is -2.46. The summed E-state index contributed by atoms with van der Waals surface area (Å²) in [6.07, 6.45) is 30.3. The van der Waals surface area contributed by atoms with E-state index < -0.39 is 0 Å². The van der Waals surface area contributed by atoms with E-state index >= 15 is 0 Å². The SMILES string of the molecule is CC(C)(C1CCC(N)CC1)C1CCC(N)CC1.CC1CCC(N)CC1.NC1CCCCC1.NC1CCCCCC1. The molecule has 0 aliphatic heterocycles. The minimum atomic E-state index is 0.474. The molecule has 5 nitrogen and oxygen atoms in total. The van der Waals surface area contributed by atoms with Crippen molar-refractivity contribution in [3.8, 4) is 0 Å². The Bertz CT molecular complexity index is 553. The van der Waals surface area contributed by atoms with Crippen molar-refractivity contribution < 1.29 is 0 Å². The normalized spacial score (nSPS) is 34.5. The van der Waals surface area contributed by atoms with Crippen molar-refractivity contribution in [1.82, 2.24) is 0 Å². The molecule has 40 heavy (non-hydrogen) atoms. The summed E-state index contributed by atoms with van der Waals surface area (Å²) in [5, 5.41) is 0. The molecule has 0 radical (unpaired) electrons. The summed E-state index contributed by atoms with van der Waals surface area (Å²) < 4.78 is 0. The average molecular weight is 564 g/mol. The molecule has 0 spiro atoms. The first-order valence-electron chi connectivity index (χ1n) is 17.9. The van der Waals surface area contributed by atoms with Crippen LogP contribution < -0.4 is 28.7 Å². The van der Waals surface area contributed by atoms with Gasteiger partial charge in [0.2, 0.25) is 0 Å². The highest BCUT2D eigenvalue weighted by Crippen LogP contribution is 2.48. The zero-order valence-electron chi connectivity index (χ0n) is 27.3. The zero-order valence-corrected chi connectivity index (χ0v) is 27.3. The van der Waals surface area contributed by atoms with E-state index in [4.69, 9.17) is 28.7 Å². The average Bonchev–Trinajstić information content (AvgIpc) is 3.20. The van der Waals surface area contributed by atoms with E-state index in [2.05, 4.69) is 20.8 Å². The third-order valence-electron chi connectivity index (χ3n) is 11.3. The fraction of sp³-hybridized carbons (Fsp3) is 1.00. The summed E-state index contributed by atoms with van der Waals surface area (Å²) in [5.74, 6) is 2.72. The summed E-state index contributed by atoms with van der Waals surface area (Å²) in [6, 6.07) is 2.53. The van der Waals surface area contributed by atoms with Crippen LogP contribution in [0.15, 0.2) is 0 Å². The highest BCUT2D eigenvalue weighted by Gasteiger charge is 2.39. The van der Waals surface area contributed by atoms with E-state index in [1.807, 2.05) is 0 Å². The zero-order chi connectivity index (χ0) is 29.4. The molecule has 5 heteroatoms. The first kappa shape index (κ1) is 36.0. The van der Waals surface area contributed by atoms with Crippen LogP contribution >= 0.6 is 0 Å². The van der Waals surface area contributed by atoms with Gasteiger partial charge < -0.3 is 28.7 Å². The summed E-state index contributed by atoms with van der Waals surface area (Å²) in [7, 11) is 0. The molecular weight excluding hydrogens is 490 g/mol. The van der Waals surface area contributed by atoms with E-state index in [9.17, 15) is 0 Å². The second-order valence-electron chi connectivity index (χ2n) is 15.2. The van der Waals surface area contributed by atoms with Crippen LogP contribution in [0.3, 0.4) is 0 Å². The van der Waals surface area contributed by atoms with Gasteiger partial charge in [-0.3, -0.25) is 0 Å². The minimum Gasteiger partial charge on any atom is -0.328 e. The van der Waals surface area contributed by atoms with Gasteiger partial charge in [-0.25, -0.2) is 0 Å². The molecular formula is C35H73N5. The number of rotatable bonds is 2. The molecule has 0 atom stereocenters. The molecule has 5 rings (SSSR count). The maximum Gasteiger partial charge on any atom is 0.00390 e. The first-order chi connectivity index (χ1) is 19.1. The Balaban J connectivity index is 0.000000204. The van der Waals surface area contributed by atoms with E-state index in [1.165, 1.54) is 148 Å². The second kappa shape index (κ2) is 19.9. The van der Waals surface area contributed by atoms with E-state index in [-0.39, 0.29) is 0 Å². The lowest BCUT2D eigenvalue weighted by molar-refractivity contribution is 0.0523. The predicted molar refractivity (Wildman–Crippen MR) is 176 cm³/mol. The Labute approximate surface area is 250 Å². The fourth-order valence-electron chi connectivity index (χ4n) is 7.79. The summed E-state index contributed by atoms with van der Waals surface area (Å²) in [5.41, 5.74) is 29.6. The van der Waals surface area contributed by atoms with Crippen LogP contribution in [0.4, 0.5) is 0 Å². The third kappa shape index (κ3) is 14.8. The van der Waals surface area contributed by atoms with Crippen LogP contribution in [0.1, 0.15) is 168 Å². The molecule has 0 amide bonds. The van der Waals surface area contributed by atoms with Crippen molar-refractivity contribution in [1.29, 1.82) is 0 Å². The molecule has 0 unspecified atom stereocenters. The van der Waals surface area contributed by atoms with E-state index in [0.717, 1.165) is 17.8 Å². The quantitative estimate of drug-likeness (QED) is 0.222. The molecule has 0 aromatic heterocycles. The van der Waals surface area contributed by atoms with Crippen molar-refractivity contribution >= 4 is 0 Å². The van der Waals surface area contributed by atoms with Gasteiger partial charge in [0.1, 0.15) is 0 Å². The summed E-state index contributed by atoms with van der Waals surface area (Å²) in [4.78, 5) is 0. The molecule has 5 aliphatic rings. The van der Waals surface area contributed by atoms with Crippen LogP contribution in [0.5, 0.6) is 0 Å². The van der Waals surface area contributed by atoms with Gasteiger partial charge in [-0.1, -0.05) is 65.7 Å². The predicted octanol–water partition coefficient (Wildman–Crippen LogP) is 7.52. The standard InChI is InChI=1S/C15H30N2.2C7H15N.C6H13N/c1-15(2,11-3-7-13(16)8-4-11)12-5-9-14(17)10-6-12;1-6-2-4-7(8)5-3-6;8-7-5-3-1-2-4-6-7;7-6-4-2-1-3-5-6/h11-14H,3-10,16-17H2,1-2H3;6-7H,2-5,8H2,1H3;7H,1-6,8H2;6H,1-5,7H2. The van der Waals surface area contributed by atoms with Crippen LogP contribution in [0.25, 0.3) is 0 Å². The van der Waals surface area contributed by atoms with Crippen molar-refractivity contribution in [2.24, 2.45) is 51.8 Å². The topological polar surface area (TPSA) is 130 Å². The first-order valence-corrected chi connectivity index (χ1v) is 17.9. The van der Waals surface area contributed by atoms with Gasteiger partial charge in [-0.05, 0) is 126 Å².